The maximum atomic E-state index is 12.2. The van der Waals surface area contributed by atoms with Gasteiger partial charge in [-0.3, -0.25) is 4.79 Å². The predicted octanol–water partition coefficient (Wildman–Crippen LogP) is 1.13. The summed E-state index contributed by atoms with van der Waals surface area (Å²) < 4.78 is 1.72. The summed E-state index contributed by atoms with van der Waals surface area (Å²) in [4.78, 5) is 16.3. The number of carbonyl (C=O) groups excluding carboxylic acids is 1. The van der Waals surface area contributed by atoms with Crippen molar-refractivity contribution >= 4 is 5.78 Å². The maximum absolute atomic E-state index is 12.2. The van der Waals surface area contributed by atoms with Gasteiger partial charge in [-0.1, -0.05) is 0 Å². The van der Waals surface area contributed by atoms with Gasteiger partial charge in [0.05, 0.1) is 17.8 Å². The van der Waals surface area contributed by atoms with Gasteiger partial charge in [-0.2, -0.15) is 15.3 Å². The summed E-state index contributed by atoms with van der Waals surface area (Å²) in [5.74, 6) is 0.671. The fourth-order valence-electron chi connectivity index (χ4n) is 1.76. The molecule has 2 aromatic heterocycles. The molecule has 6 heteroatoms. The van der Waals surface area contributed by atoms with Gasteiger partial charge >= 0.3 is 0 Å². The van der Waals surface area contributed by atoms with Crippen LogP contribution in [0.5, 0.6) is 0 Å². The molecule has 18 heavy (non-hydrogen) atoms. The zero-order chi connectivity index (χ0) is 13.1. The van der Waals surface area contributed by atoms with Crippen molar-refractivity contribution in [2.75, 3.05) is 0 Å². The fraction of sp³-hybridized carbons (Fsp3) is 0.417. The smallest absolute Gasteiger partial charge is 0.172 e. The number of nitrogens with zero attached hydrogens (tertiary/aromatic N) is 5. The van der Waals surface area contributed by atoms with Gasteiger partial charge in [-0.15, -0.1) is 0 Å². The molecule has 2 rings (SSSR count). The molecule has 0 unspecified atom stereocenters. The minimum Gasteiger partial charge on any atom is -0.294 e. The molecule has 2 aromatic rings. The lowest BCUT2D eigenvalue weighted by Crippen LogP contribution is -2.13. The molecule has 94 valence electrons. The first-order valence-electron chi connectivity index (χ1n) is 5.82. The Kier molecular flexibility index (Phi) is 3.45. The minimum atomic E-state index is -0.00630. The molecular weight excluding hydrogens is 230 g/mol. The number of carbonyl (C=O) groups is 1. The maximum Gasteiger partial charge on any atom is 0.172 e. The van der Waals surface area contributed by atoms with Gasteiger partial charge in [0.1, 0.15) is 12.2 Å². The van der Waals surface area contributed by atoms with Crippen molar-refractivity contribution in [3.8, 4) is 0 Å². The van der Waals surface area contributed by atoms with Crippen LogP contribution in [0, 0.1) is 13.8 Å². The first-order valence-corrected chi connectivity index (χ1v) is 5.82. The van der Waals surface area contributed by atoms with Crippen molar-refractivity contribution in [1.82, 2.24) is 25.0 Å². The Balaban J connectivity index is 2.25. The third kappa shape index (κ3) is 2.42. The zero-order valence-corrected chi connectivity index (χ0v) is 10.7. The van der Waals surface area contributed by atoms with Crippen LogP contribution in [0.2, 0.25) is 0 Å². The predicted molar refractivity (Wildman–Crippen MR) is 65.2 cm³/mol. The van der Waals surface area contributed by atoms with E-state index >= 15 is 0 Å². The Morgan fingerprint density at radius 2 is 2.11 bits per heavy atom. The van der Waals surface area contributed by atoms with E-state index in [0.29, 0.717) is 23.6 Å². The van der Waals surface area contributed by atoms with Crippen molar-refractivity contribution < 1.29 is 4.79 Å². The SMILES string of the molecule is CCn1ncnc1CC(=O)c1cc(C)nnc1C. The van der Waals surface area contributed by atoms with Crippen LogP contribution >= 0.6 is 0 Å². The number of rotatable bonds is 4. The first kappa shape index (κ1) is 12.3. The summed E-state index contributed by atoms with van der Waals surface area (Å²) in [6.07, 6.45) is 1.70. The minimum absolute atomic E-state index is 0.00630. The standard InChI is InChI=1S/C12H15N5O/c1-4-17-12(13-7-14-17)6-11(18)10-5-8(2)15-16-9(10)3/h5,7H,4,6H2,1-3H3. The van der Waals surface area contributed by atoms with Crippen molar-refractivity contribution in [3.63, 3.8) is 0 Å². The van der Waals surface area contributed by atoms with E-state index in [4.69, 9.17) is 0 Å². The van der Waals surface area contributed by atoms with Crippen LogP contribution in [0.15, 0.2) is 12.4 Å². The molecular formula is C12H15N5O. The Labute approximate surface area is 105 Å². The lowest BCUT2D eigenvalue weighted by molar-refractivity contribution is 0.0988. The Morgan fingerprint density at radius 3 is 2.83 bits per heavy atom. The molecule has 0 amide bonds. The lowest BCUT2D eigenvalue weighted by atomic mass is 10.1. The van der Waals surface area contributed by atoms with Crippen molar-refractivity contribution in [2.24, 2.45) is 0 Å². The highest BCUT2D eigenvalue weighted by Gasteiger charge is 2.15. The van der Waals surface area contributed by atoms with Crippen LogP contribution in [0.1, 0.15) is 34.5 Å². The topological polar surface area (TPSA) is 73.6 Å². The Bertz CT molecular complexity index is 576. The second-order valence-electron chi connectivity index (χ2n) is 4.08. The second-order valence-corrected chi connectivity index (χ2v) is 4.08. The third-order valence-corrected chi connectivity index (χ3v) is 2.72. The molecule has 0 saturated carbocycles. The summed E-state index contributed by atoms with van der Waals surface area (Å²) in [5, 5.41) is 11.9. The Hall–Kier alpha value is -2.11. The van der Waals surface area contributed by atoms with Gasteiger partial charge in [0.25, 0.3) is 0 Å². The van der Waals surface area contributed by atoms with Gasteiger partial charge in [-0.25, -0.2) is 9.67 Å². The molecule has 0 spiro atoms. The normalized spacial score (nSPS) is 10.6. The van der Waals surface area contributed by atoms with E-state index in [-0.39, 0.29) is 12.2 Å². The summed E-state index contributed by atoms with van der Waals surface area (Å²) in [6.45, 7) is 6.27. The van der Waals surface area contributed by atoms with E-state index in [2.05, 4.69) is 20.3 Å². The van der Waals surface area contributed by atoms with Crippen molar-refractivity contribution in [2.45, 2.75) is 33.7 Å². The van der Waals surface area contributed by atoms with E-state index in [1.54, 1.807) is 17.7 Å². The van der Waals surface area contributed by atoms with Gasteiger partial charge in [0, 0.05) is 12.1 Å². The molecule has 0 aliphatic rings. The van der Waals surface area contributed by atoms with E-state index in [1.807, 2.05) is 13.8 Å². The van der Waals surface area contributed by atoms with Crippen molar-refractivity contribution in [3.05, 3.63) is 35.2 Å². The molecule has 0 radical (unpaired) electrons. The largest absolute Gasteiger partial charge is 0.294 e. The molecule has 0 saturated heterocycles. The highest BCUT2D eigenvalue weighted by Crippen LogP contribution is 2.09. The van der Waals surface area contributed by atoms with Crippen molar-refractivity contribution in [1.29, 1.82) is 0 Å². The van der Waals surface area contributed by atoms with E-state index in [9.17, 15) is 4.79 Å². The number of aryl methyl sites for hydroxylation is 3. The molecule has 0 aromatic carbocycles. The van der Waals surface area contributed by atoms with E-state index in [1.165, 1.54) is 6.33 Å². The first-order chi connectivity index (χ1) is 8.61. The average molecular weight is 245 g/mol. The molecule has 0 aliphatic carbocycles. The Morgan fingerprint density at radius 1 is 1.33 bits per heavy atom. The average Bonchev–Trinajstić information content (AvgIpc) is 2.79. The van der Waals surface area contributed by atoms with Gasteiger partial charge in [-0.05, 0) is 26.8 Å². The number of Topliss-reactive ketones (excluding diaryl/α,β-unsaturated/α-hetero) is 1. The number of hydrogen-bond donors (Lipinski definition) is 0. The number of ketones is 1. The lowest BCUT2D eigenvalue weighted by Gasteiger charge is -2.05. The van der Waals surface area contributed by atoms with E-state index in [0.717, 1.165) is 5.69 Å². The van der Waals surface area contributed by atoms with Crippen LogP contribution in [-0.4, -0.2) is 30.7 Å². The molecule has 6 nitrogen and oxygen atoms in total. The second kappa shape index (κ2) is 5.03. The highest BCUT2D eigenvalue weighted by atomic mass is 16.1. The molecule has 0 aliphatic heterocycles. The van der Waals surface area contributed by atoms with Gasteiger partial charge in [0.2, 0.25) is 0 Å². The van der Waals surface area contributed by atoms with Gasteiger partial charge in [0.15, 0.2) is 5.78 Å². The summed E-state index contributed by atoms with van der Waals surface area (Å²) in [7, 11) is 0. The van der Waals surface area contributed by atoms with Crippen LogP contribution in [0.4, 0.5) is 0 Å². The summed E-state index contributed by atoms with van der Waals surface area (Å²) >= 11 is 0. The van der Waals surface area contributed by atoms with Crippen LogP contribution in [-0.2, 0) is 13.0 Å². The molecule has 0 N–H and O–H groups in total. The molecule has 2 heterocycles. The zero-order valence-electron chi connectivity index (χ0n) is 10.7. The molecule has 0 fully saturated rings. The van der Waals surface area contributed by atoms with Gasteiger partial charge < -0.3 is 0 Å². The summed E-state index contributed by atoms with van der Waals surface area (Å²) in [6, 6.07) is 1.76. The third-order valence-electron chi connectivity index (χ3n) is 2.72. The van der Waals surface area contributed by atoms with Crippen LogP contribution < -0.4 is 0 Å². The quantitative estimate of drug-likeness (QED) is 0.755. The molecule has 0 atom stereocenters. The summed E-state index contributed by atoms with van der Waals surface area (Å²) in [5.41, 5.74) is 1.99. The number of aromatic nitrogens is 5. The van der Waals surface area contributed by atoms with Crippen LogP contribution in [0.25, 0.3) is 0 Å². The van der Waals surface area contributed by atoms with Crippen LogP contribution in [0.3, 0.4) is 0 Å². The highest BCUT2D eigenvalue weighted by molar-refractivity contribution is 5.98. The van der Waals surface area contributed by atoms with E-state index < -0.39 is 0 Å². The fourth-order valence-corrected chi connectivity index (χ4v) is 1.76. The number of hydrogen-bond acceptors (Lipinski definition) is 5. The monoisotopic (exact) mass is 245 g/mol. The molecule has 0 bridgehead atoms.